The molecule has 28 heavy (non-hydrogen) atoms. The maximum absolute atomic E-state index is 13.7. The van der Waals surface area contributed by atoms with Gasteiger partial charge in [0, 0.05) is 24.3 Å². The Hall–Kier alpha value is -1.91. The number of hydrogen-bond donors (Lipinski definition) is 1. The van der Waals surface area contributed by atoms with Gasteiger partial charge in [0.1, 0.15) is 18.8 Å². The van der Waals surface area contributed by atoms with E-state index in [1.54, 1.807) is 31.2 Å². The highest BCUT2D eigenvalue weighted by Gasteiger charge is 2.28. The van der Waals surface area contributed by atoms with Crippen LogP contribution < -0.4 is 15.0 Å². The smallest absolute Gasteiger partial charge is 0.323 e. The third kappa shape index (κ3) is 6.05. The first-order valence-corrected chi connectivity index (χ1v) is 10.2. The van der Waals surface area contributed by atoms with Gasteiger partial charge in [-0.05, 0) is 32.9 Å². The van der Waals surface area contributed by atoms with E-state index in [1.807, 2.05) is 18.7 Å². The van der Waals surface area contributed by atoms with Crippen LogP contribution in [-0.4, -0.2) is 52.0 Å². The molecule has 0 aliphatic carbocycles. The van der Waals surface area contributed by atoms with Gasteiger partial charge < -0.3 is 15.0 Å². The van der Waals surface area contributed by atoms with Crippen molar-refractivity contribution in [3.05, 3.63) is 29.8 Å². The van der Waals surface area contributed by atoms with Crippen LogP contribution in [0.1, 0.15) is 31.1 Å². The summed E-state index contributed by atoms with van der Waals surface area (Å²) in [7, 11) is 4.58. The maximum Gasteiger partial charge on any atom is 0.323 e. The number of nitrogens with one attached hydrogen (secondary N) is 1. The van der Waals surface area contributed by atoms with Crippen LogP contribution in [0.4, 0.5) is 22.0 Å². The molecule has 1 N–H and O–H groups in total. The average molecular weight is 425 g/mol. The second-order valence-electron chi connectivity index (χ2n) is 6.48. The monoisotopic (exact) mass is 425 g/mol. The average Bonchev–Trinajstić information content (AvgIpc) is 2.67. The lowest BCUT2D eigenvalue weighted by Gasteiger charge is -2.25. The summed E-state index contributed by atoms with van der Waals surface area (Å²) < 4.78 is 19.4. The van der Waals surface area contributed by atoms with E-state index in [2.05, 4.69) is 38.7 Å². The van der Waals surface area contributed by atoms with Crippen LogP contribution >= 0.6 is 18.5 Å². The van der Waals surface area contributed by atoms with Gasteiger partial charge in [-0.1, -0.05) is 21.4 Å². The SMILES string of the molecule is CCN(CC)c1nc(Nc2cccc(C=O)c2)nc(OCC(C)(P)C(F)P)n1. The first-order valence-electron chi connectivity index (χ1n) is 8.93. The summed E-state index contributed by atoms with van der Waals surface area (Å²) in [6, 6.07) is 7.06. The number of ether oxygens (including phenoxy) is 1. The number of anilines is 3. The van der Waals surface area contributed by atoms with Gasteiger partial charge in [-0.2, -0.15) is 15.0 Å². The van der Waals surface area contributed by atoms with Gasteiger partial charge in [0.15, 0.2) is 0 Å². The van der Waals surface area contributed by atoms with Gasteiger partial charge in [-0.15, -0.1) is 9.24 Å². The maximum atomic E-state index is 13.7. The Labute approximate surface area is 169 Å². The minimum absolute atomic E-state index is 0.0735. The lowest BCUT2D eigenvalue weighted by atomic mass is 10.2. The number of rotatable bonds is 10. The zero-order valence-electron chi connectivity index (χ0n) is 16.2. The fourth-order valence-electron chi connectivity index (χ4n) is 2.23. The largest absolute Gasteiger partial charge is 0.462 e. The van der Waals surface area contributed by atoms with Crippen LogP contribution in [0.3, 0.4) is 0 Å². The topological polar surface area (TPSA) is 80.2 Å². The summed E-state index contributed by atoms with van der Waals surface area (Å²) >= 11 is 0. The van der Waals surface area contributed by atoms with E-state index in [0.29, 0.717) is 30.3 Å². The number of carbonyl (C=O) groups is 1. The molecular formula is C18H26FN5O2P2. The first-order chi connectivity index (χ1) is 13.3. The number of halogens is 1. The molecule has 0 aliphatic heterocycles. The second kappa shape index (κ2) is 10.0. The zero-order valence-corrected chi connectivity index (χ0v) is 18.5. The zero-order chi connectivity index (χ0) is 20.7. The predicted octanol–water partition coefficient (Wildman–Crippen LogP) is 3.46. The van der Waals surface area contributed by atoms with Gasteiger partial charge in [0.2, 0.25) is 11.9 Å². The molecule has 1 aromatic heterocycles. The summed E-state index contributed by atoms with van der Waals surface area (Å²) in [5, 5.41) is 2.28. The Balaban J connectivity index is 2.32. The number of carbonyl (C=O) groups excluding carboxylic acids is 1. The first kappa shape index (κ1) is 22.4. The van der Waals surface area contributed by atoms with Crippen molar-refractivity contribution in [3.63, 3.8) is 0 Å². The highest BCUT2D eigenvalue weighted by molar-refractivity contribution is 7.24. The number of nitrogens with zero attached hydrogens (tertiary/aromatic N) is 4. The van der Waals surface area contributed by atoms with E-state index in [9.17, 15) is 9.18 Å². The fraction of sp³-hybridized carbons (Fsp3) is 0.444. The molecule has 4 unspecified atom stereocenters. The third-order valence-electron chi connectivity index (χ3n) is 4.07. The van der Waals surface area contributed by atoms with Gasteiger partial charge in [0.05, 0.1) is 5.16 Å². The quantitative estimate of drug-likeness (QED) is 0.461. The number of hydrogen-bond acceptors (Lipinski definition) is 7. The molecule has 0 spiro atoms. The van der Waals surface area contributed by atoms with Crippen LogP contribution in [0, 0.1) is 0 Å². The molecule has 0 saturated heterocycles. The van der Waals surface area contributed by atoms with Crippen LogP contribution in [0.5, 0.6) is 6.01 Å². The van der Waals surface area contributed by atoms with Crippen molar-refractivity contribution in [2.24, 2.45) is 0 Å². The minimum atomic E-state index is -1.16. The lowest BCUT2D eigenvalue weighted by Crippen LogP contribution is -2.33. The van der Waals surface area contributed by atoms with Crippen molar-refractivity contribution in [1.82, 2.24) is 15.0 Å². The molecule has 0 aliphatic rings. The predicted molar refractivity (Wildman–Crippen MR) is 117 cm³/mol. The van der Waals surface area contributed by atoms with E-state index in [-0.39, 0.29) is 18.6 Å². The number of benzene rings is 1. The summed E-state index contributed by atoms with van der Waals surface area (Å²) in [5.74, 6) is -0.425. The molecule has 1 aromatic carbocycles. The Bertz CT molecular complexity index is 803. The molecule has 0 radical (unpaired) electrons. The van der Waals surface area contributed by atoms with Crippen LogP contribution in [-0.2, 0) is 0 Å². The minimum Gasteiger partial charge on any atom is -0.462 e. The summed E-state index contributed by atoms with van der Waals surface area (Å²) in [4.78, 5) is 26.0. The van der Waals surface area contributed by atoms with Gasteiger partial charge in [-0.3, -0.25) is 4.79 Å². The summed E-state index contributed by atoms with van der Waals surface area (Å²) in [6.07, 6.45) is 0.768. The number of aromatic nitrogens is 3. The van der Waals surface area contributed by atoms with E-state index in [1.165, 1.54) is 0 Å². The van der Waals surface area contributed by atoms with Crippen molar-refractivity contribution in [2.45, 2.75) is 31.8 Å². The molecule has 0 bridgehead atoms. The molecule has 4 atom stereocenters. The molecule has 0 amide bonds. The lowest BCUT2D eigenvalue weighted by molar-refractivity contribution is 0.112. The molecule has 7 nitrogen and oxygen atoms in total. The van der Waals surface area contributed by atoms with Crippen molar-refractivity contribution >= 4 is 42.3 Å². The molecule has 0 saturated carbocycles. The number of alkyl halides is 1. The summed E-state index contributed by atoms with van der Waals surface area (Å²) in [6.45, 7) is 7.21. The van der Waals surface area contributed by atoms with Crippen molar-refractivity contribution in [3.8, 4) is 6.01 Å². The highest BCUT2D eigenvalue weighted by atomic mass is 31.0. The normalized spacial score (nSPS) is 14.1. The molecule has 2 aromatic rings. The molecule has 2 rings (SSSR count). The van der Waals surface area contributed by atoms with Crippen molar-refractivity contribution in [1.29, 1.82) is 0 Å². The Morgan fingerprint density at radius 2 is 2.04 bits per heavy atom. The Morgan fingerprint density at radius 1 is 1.32 bits per heavy atom. The molecule has 0 fully saturated rings. The number of aldehydes is 1. The third-order valence-corrected chi connectivity index (χ3v) is 5.70. The highest BCUT2D eigenvalue weighted by Crippen LogP contribution is 2.30. The van der Waals surface area contributed by atoms with E-state index in [4.69, 9.17) is 4.74 Å². The molecule has 1 heterocycles. The van der Waals surface area contributed by atoms with Gasteiger partial charge in [-0.25, -0.2) is 4.39 Å². The van der Waals surface area contributed by atoms with Gasteiger partial charge >= 0.3 is 6.01 Å². The molecule has 10 heteroatoms. The summed E-state index contributed by atoms with van der Waals surface area (Å²) in [5.41, 5.74) is 1.20. The van der Waals surface area contributed by atoms with Crippen LogP contribution in [0.2, 0.25) is 0 Å². The standard InChI is InChI=1S/C18H26FN5O2P2/c1-4-24(5-2)16-21-15(20-13-8-6-7-12(9-13)10-25)22-17(23-16)26-11-18(3,28)14(19)27/h6-10,14H,4-5,11,27-28H2,1-3H3,(H,20,21,22,23). The Morgan fingerprint density at radius 3 is 2.64 bits per heavy atom. The van der Waals surface area contributed by atoms with Gasteiger partial charge in [0.25, 0.3) is 0 Å². The van der Waals surface area contributed by atoms with Crippen molar-refractivity contribution in [2.75, 3.05) is 29.9 Å². The van der Waals surface area contributed by atoms with Crippen molar-refractivity contribution < 1.29 is 13.9 Å². The molecule has 152 valence electrons. The van der Waals surface area contributed by atoms with E-state index in [0.717, 1.165) is 6.29 Å². The Kier molecular flexibility index (Phi) is 8.02. The second-order valence-corrected chi connectivity index (χ2v) is 8.38. The van der Waals surface area contributed by atoms with E-state index < -0.39 is 11.1 Å². The van der Waals surface area contributed by atoms with E-state index >= 15 is 0 Å². The van der Waals surface area contributed by atoms with Crippen LogP contribution in [0.25, 0.3) is 0 Å². The van der Waals surface area contributed by atoms with Crippen LogP contribution in [0.15, 0.2) is 24.3 Å². The fourth-order valence-corrected chi connectivity index (χ4v) is 2.41. The molecular weight excluding hydrogens is 399 g/mol.